The molecule has 2 saturated carbocycles. The predicted molar refractivity (Wildman–Crippen MR) is 135 cm³/mol. The van der Waals surface area contributed by atoms with Gasteiger partial charge in [-0.2, -0.15) is 0 Å². The Labute approximate surface area is 198 Å². The second-order valence-electron chi connectivity index (χ2n) is 9.36. The summed E-state index contributed by atoms with van der Waals surface area (Å²) >= 11 is 5.35. The van der Waals surface area contributed by atoms with Gasteiger partial charge in [0.05, 0.1) is 13.2 Å². The standard InChI is InChI=1S/C12H26N2O.C8H17NO.C4H10ClN/c1-13(2)8-9-14(10-11-15)12-6-4-3-5-7-12;10-7-6-9-8-4-2-1-3-5-8;1-6(2)4-3-5/h12,15H,3-11H2,1-2H3;8-10H,1-7H2;3-4H2,1-2H3. The molecule has 0 aromatic carbocycles. The number of hydrogen-bond donors (Lipinski definition) is 3. The van der Waals surface area contributed by atoms with Gasteiger partial charge in [-0.05, 0) is 53.9 Å². The Morgan fingerprint density at radius 1 is 0.710 bits per heavy atom. The summed E-state index contributed by atoms with van der Waals surface area (Å²) in [5.41, 5.74) is 0. The largest absolute Gasteiger partial charge is 0.395 e. The zero-order valence-electron chi connectivity index (χ0n) is 21.0. The smallest absolute Gasteiger partial charge is 0.0558 e. The molecule has 2 aliphatic carbocycles. The number of hydrogen-bond acceptors (Lipinski definition) is 6. The van der Waals surface area contributed by atoms with E-state index < -0.39 is 0 Å². The van der Waals surface area contributed by atoms with Crippen LogP contribution in [0.25, 0.3) is 0 Å². The van der Waals surface area contributed by atoms with Gasteiger partial charge in [-0.3, -0.25) is 4.90 Å². The fourth-order valence-electron chi connectivity index (χ4n) is 4.12. The molecule has 0 amide bonds. The number of likely N-dealkylation sites (N-methyl/N-ethyl adjacent to an activating group) is 1. The normalized spacial score (nSPS) is 18.0. The summed E-state index contributed by atoms with van der Waals surface area (Å²) in [7, 11) is 8.22. The lowest BCUT2D eigenvalue weighted by Gasteiger charge is -2.34. The van der Waals surface area contributed by atoms with Gasteiger partial charge < -0.3 is 25.3 Å². The third kappa shape index (κ3) is 19.2. The summed E-state index contributed by atoms with van der Waals surface area (Å²) in [6.07, 6.45) is 13.5. The van der Waals surface area contributed by atoms with E-state index in [1.54, 1.807) is 0 Å². The molecule has 188 valence electrons. The van der Waals surface area contributed by atoms with Crippen LogP contribution in [0.5, 0.6) is 0 Å². The summed E-state index contributed by atoms with van der Waals surface area (Å²) in [5, 5.41) is 20.9. The van der Waals surface area contributed by atoms with Gasteiger partial charge in [-0.1, -0.05) is 38.5 Å². The zero-order chi connectivity index (χ0) is 23.3. The van der Waals surface area contributed by atoms with Crippen LogP contribution < -0.4 is 5.32 Å². The lowest BCUT2D eigenvalue weighted by atomic mass is 9.94. The molecule has 2 fully saturated rings. The van der Waals surface area contributed by atoms with Crippen molar-refractivity contribution in [3.8, 4) is 0 Å². The maximum Gasteiger partial charge on any atom is 0.0558 e. The molecule has 6 nitrogen and oxygen atoms in total. The van der Waals surface area contributed by atoms with Gasteiger partial charge in [0.25, 0.3) is 0 Å². The maximum absolute atomic E-state index is 9.08. The van der Waals surface area contributed by atoms with Crippen molar-refractivity contribution in [3.05, 3.63) is 0 Å². The number of alkyl halides is 1. The van der Waals surface area contributed by atoms with Crippen LogP contribution in [0, 0.1) is 0 Å². The molecule has 0 radical (unpaired) electrons. The molecule has 31 heavy (non-hydrogen) atoms. The van der Waals surface area contributed by atoms with Crippen molar-refractivity contribution in [3.63, 3.8) is 0 Å². The fourth-order valence-corrected chi connectivity index (χ4v) is 4.46. The van der Waals surface area contributed by atoms with Crippen LogP contribution in [0.2, 0.25) is 0 Å². The fraction of sp³-hybridized carbons (Fsp3) is 1.00. The first-order valence-corrected chi connectivity index (χ1v) is 13.0. The highest BCUT2D eigenvalue weighted by Gasteiger charge is 2.20. The van der Waals surface area contributed by atoms with Gasteiger partial charge in [0.2, 0.25) is 0 Å². The van der Waals surface area contributed by atoms with Crippen LogP contribution in [0.3, 0.4) is 0 Å². The van der Waals surface area contributed by atoms with Crippen LogP contribution in [-0.4, -0.2) is 117 Å². The minimum Gasteiger partial charge on any atom is -0.395 e. The van der Waals surface area contributed by atoms with Gasteiger partial charge in [-0.15, -0.1) is 11.6 Å². The van der Waals surface area contributed by atoms with Crippen molar-refractivity contribution in [2.45, 2.75) is 76.3 Å². The highest BCUT2D eigenvalue weighted by molar-refractivity contribution is 6.18. The summed E-state index contributed by atoms with van der Waals surface area (Å²) in [6.45, 7) is 5.35. The molecule has 0 spiro atoms. The van der Waals surface area contributed by atoms with Crippen LogP contribution >= 0.6 is 11.6 Å². The SMILES string of the molecule is CN(C)CCCl.CN(C)CCN(CCO)C1CCCCC1.OCCNC1CCCCC1. The van der Waals surface area contributed by atoms with Gasteiger partial charge >= 0.3 is 0 Å². The molecule has 7 heteroatoms. The van der Waals surface area contributed by atoms with Gasteiger partial charge in [0, 0.05) is 50.7 Å². The molecule has 2 rings (SSSR count). The predicted octanol–water partition coefficient (Wildman–Crippen LogP) is 2.86. The van der Waals surface area contributed by atoms with Gasteiger partial charge in [-0.25, -0.2) is 0 Å². The van der Waals surface area contributed by atoms with Crippen molar-refractivity contribution in [2.24, 2.45) is 0 Å². The van der Waals surface area contributed by atoms with Crippen LogP contribution in [-0.2, 0) is 0 Å². The average molecular weight is 465 g/mol. The van der Waals surface area contributed by atoms with E-state index in [0.29, 0.717) is 12.6 Å². The highest BCUT2D eigenvalue weighted by atomic mass is 35.5. The first-order valence-electron chi connectivity index (χ1n) is 12.5. The number of nitrogens with one attached hydrogen (secondary N) is 1. The van der Waals surface area contributed by atoms with Crippen molar-refractivity contribution in [1.82, 2.24) is 20.0 Å². The molecule has 0 saturated heterocycles. The van der Waals surface area contributed by atoms with E-state index in [2.05, 4.69) is 29.2 Å². The molecular weight excluding hydrogens is 412 g/mol. The van der Waals surface area contributed by atoms with E-state index in [1.165, 1.54) is 64.2 Å². The second-order valence-corrected chi connectivity index (χ2v) is 9.74. The second kappa shape index (κ2) is 21.9. The summed E-state index contributed by atoms with van der Waals surface area (Å²) in [4.78, 5) is 6.74. The Balaban J connectivity index is 0.000000484. The molecular formula is C24H53ClN4O2. The Hall–Kier alpha value is 0.0500. The Bertz CT molecular complexity index is 363. The molecule has 2 aliphatic rings. The highest BCUT2D eigenvalue weighted by Crippen LogP contribution is 2.22. The van der Waals surface area contributed by atoms with Gasteiger partial charge in [0.15, 0.2) is 0 Å². The number of halogens is 1. The van der Waals surface area contributed by atoms with Gasteiger partial charge in [0.1, 0.15) is 0 Å². The average Bonchev–Trinajstić information content (AvgIpc) is 2.77. The van der Waals surface area contributed by atoms with Crippen LogP contribution in [0.4, 0.5) is 0 Å². The van der Waals surface area contributed by atoms with Crippen molar-refractivity contribution in [2.75, 3.05) is 80.0 Å². The lowest BCUT2D eigenvalue weighted by molar-refractivity contribution is 0.115. The summed E-state index contributed by atoms with van der Waals surface area (Å²) in [5.74, 6) is 0.729. The quantitative estimate of drug-likeness (QED) is 0.409. The molecule has 0 aromatic rings. The topological polar surface area (TPSA) is 62.2 Å². The Kier molecular flexibility index (Phi) is 21.9. The molecule has 0 aliphatic heterocycles. The van der Waals surface area contributed by atoms with E-state index in [-0.39, 0.29) is 6.61 Å². The lowest BCUT2D eigenvalue weighted by Crippen LogP contribution is -2.42. The molecule has 0 unspecified atom stereocenters. The minimum atomic E-state index is 0.274. The van der Waals surface area contributed by atoms with Crippen molar-refractivity contribution >= 4 is 11.6 Å². The minimum absolute atomic E-state index is 0.274. The summed E-state index contributed by atoms with van der Waals surface area (Å²) in [6, 6.07) is 1.42. The molecule has 3 N–H and O–H groups in total. The maximum atomic E-state index is 9.08. The Morgan fingerprint density at radius 3 is 1.68 bits per heavy atom. The molecule has 0 aromatic heterocycles. The van der Waals surface area contributed by atoms with E-state index in [0.717, 1.165) is 44.6 Å². The van der Waals surface area contributed by atoms with Crippen LogP contribution in [0.1, 0.15) is 64.2 Å². The first kappa shape index (κ1) is 31.0. The number of aliphatic hydroxyl groups excluding tert-OH is 2. The first-order chi connectivity index (χ1) is 14.9. The van der Waals surface area contributed by atoms with E-state index in [4.69, 9.17) is 21.8 Å². The summed E-state index contributed by atoms with van der Waals surface area (Å²) < 4.78 is 0. The molecule has 0 atom stereocenters. The van der Waals surface area contributed by atoms with E-state index in [9.17, 15) is 0 Å². The molecule has 0 bridgehead atoms. The van der Waals surface area contributed by atoms with E-state index in [1.807, 2.05) is 19.0 Å². The number of nitrogens with zero attached hydrogens (tertiary/aromatic N) is 3. The Morgan fingerprint density at radius 2 is 1.26 bits per heavy atom. The van der Waals surface area contributed by atoms with E-state index >= 15 is 0 Å². The monoisotopic (exact) mass is 464 g/mol. The number of rotatable bonds is 11. The van der Waals surface area contributed by atoms with Crippen LogP contribution in [0.15, 0.2) is 0 Å². The zero-order valence-corrected chi connectivity index (χ0v) is 21.8. The third-order valence-corrected chi connectivity index (χ3v) is 6.16. The van der Waals surface area contributed by atoms with Crippen molar-refractivity contribution < 1.29 is 10.2 Å². The third-order valence-electron chi connectivity index (χ3n) is 5.99. The molecule has 0 heterocycles. The van der Waals surface area contributed by atoms with Crippen molar-refractivity contribution in [1.29, 1.82) is 0 Å². The number of aliphatic hydroxyl groups is 2.